The summed E-state index contributed by atoms with van der Waals surface area (Å²) in [5, 5.41) is 5.62. The number of furan rings is 1. The van der Waals surface area contributed by atoms with Crippen molar-refractivity contribution in [1.82, 2.24) is 5.32 Å². The number of hydrogen-bond acceptors (Lipinski definition) is 4. The Balaban J connectivity index is 1.69. The van der Waals surface area contributed by atoms with Gasteiger partial charge in [-0.1, -0.05) is 24.3 Å². The monoisotopic (exact) mass is 327 g/mol. The van der Waals surface area contributed by atoms with Crippen molar-refractivity contribution in [1.29, 1.82) is 0 Å². The highest BCUT2D eigenvalue weighted by molar-refractivity contribution is 7.09. The fraction of sp³-hybridized carbons (Fsp3) is 0.263. The van der Waals surface area contributed by atoms with Crippen molar-refractivity contribution in [2.45, 2.75) is 18.9 Å². The Hall–Kier alpha value is -2.04. The summed E-state index contributed by atoms with van der Waals surface area (Å²) in [4.78, 5) is 1.36. The number of para-hydroxylation sites is 1. The second kappa shape index (κ2) is 7.99. The predicted molar refractivity (Wildman–Crippen MR) is 94.2 cm³/mol. The summed E-state index contributed by atoms with van der Waals surface area (Å²) in [5.74, 6) is 2.08. The highest BCUT2D eigenvalue weighted by Crippen LogP contribution is 2.34. The molecule has 0 amide bonds. The molecule has 0 radical (unpaired) electrons. The van der Waals surface area contributed by atoms with Crippen LogP contribution in [0.3, 0.4) is 0 Å². The van der Waals surface area contributed by atoms with E-state index in [-0.39, 0.29) is 5.92 Å². The van der Waals surface area contributed by atoms with E-state index in [0.717, 1.165) is 31.0 Å². The summed E-state index contributed by atoms with van der Waals surface area (Å²) in [6.45, 7) is 1.83. The first-order valence-electron chi connectivity index (χ1n) is 7.78. The molecule has 0 aliphatic carbocycles. The van der Waals surface area contributed by atoms with Gasteiger partial charge in [0, 0.05) is 22.9 Å². The minimum atomic E-state index is 0.192. The quantitative estimate of drug-likeness (QED) is 0.611. The molecule has 0 saturated heterocycles. The van der Waals surface area contributed by atoms with Crippen LogP contribution in [0.15, 0.2) is 64.6 Å². The van der Waals surface area contributed by atoms with E-state index in [2.05, 4.69) is 28.9 Å². The summed E-state index contributed by atoms with van der Waals surface area (Å²) in [7, 11) is 1.72. The average Bonchev–Trinajstić information content (AvgIpc) is 3.28. The number of nitrogens with one attached hydrogen (secondary N) is 1. The van der Waals surface area contributed by atoms with Crippen molar-refractivity contribution in [3.63, 3.8) is 0 Å². The highest BCUT2D eigenvalue weighted by atomic mass is 32.1. The largest absolute Gasteiger partial charge is 0.496 e. The topological polar surface area (TPSA) is 34.4 Å². The Morgan fingerprint density at radius 3 is 2.78 bits per heavy atom. The Morgan fingerprint density at radius 2 is 2.04 bits per heavy atom. The average molecular weight is 327 g/mol. The van der Waals surface area contributed by atoms with Gasteiger partial charge in [0.25, 0.3) is 0 Å². The maximum Gasteiger partial charge on any atom is 0.122 e. The fourth-order valence-electron chi connectivity index (χ4n) is 2.77. The minimum Gasteiger partial charge on any atom is -0.496 e. The summed E-state index contributed by atoms with van der Waals surface area (Å²) >= 11 is 1.78. The molecule has 1 aromatic carbocycles. The third-order valence-electron chi connectivity index (χ3n) is 3.89. The van der Waals surface area contributed by atoms with E-state index >= 15 is 0 Å². The Morgan fingerprint density at radius 1 is 1.13 bits per heavy atom. The fourth-order valence-corrected chi connectivity index (χ4v) is 3.44. The van der Waals surface area contributed by atoms with E-state index in [1.54, 1.807) is 24.7 Å². The van der Waals surface area contributed by atoms with Crippen LogP contribution in [0.4, 0.5) is 0 Å². The summed E-state index contributed by atoms with van der Waals surface area (Å²) in [5.41, 5.74) is 1.17. The van der Waals surface area contributed by atoms with Gasteiger partial charge < -0.3 is 14.5 Å². The van der Waals surface area contributed by atoms with Crippen molar-refractivity contribution < 1.29 is 9.15 Å². The van der Waals surface area contributed by atoms with Gasteiger partial charge in [-0.15, -0.1) is 11.3 Å². The van der Waals surface area contributed by atoms with Gasteiger partial charge in [0.1, 0.15) is 11.5 Å². The van der Waals surface area contributed by atoms with Crippen LogP contribution in [0, 0.1) is 0 Å². The van der Waals surface area contributed by atoms with Gasteiger partial charge in [-0.05, 0) is 42.6 Å². The van der Waals surface area contributed by atoms with Crippen molar-refractivity contribution in [3.05, 3.63) is 76.4 Å². The van der Waals surface area contributed by atoms with Crippen LogP contribution in [-0.2, 0) is 6.54 Å². The molecule has 4 heteroatoms. The maximum absolute atomic E-state index is 5.67. The van der Waals surface area contributed by atoms with Crippen LogP contribution in [0.5, 0.6) is 5.75 Å². The molecule has 0 fully saturated rings. The van der Waals surface area contributed by atoms with E-state index in [1.165, 1.54) is 10.4 Å². The van der Waals surface area contributed by atoms with E-state index in [0.29, 0.717) is 0 Å². The first kappa shape index (κ1) is 15.8. The summed E-state index contributed by atoms with van der Waals surface area (Å²) < 4.78 is 11.2. The molecule has 3 rings (SSSR count). The van der Waals surface area contributed by atoms with Crippen molar-refractivity contribution in [3.8, 4) is 5.75 Å². The first-order chi connectivity index (χ1) is 11.4. The molecular formula is C19H21NO2S. The van der Waals surface area contributed by atoms with Gasteiger partial charge in [-0.3, -0.25) is 0 Å². The van der Waals surface area contributed by atoms with Crippen LogP contribution in [0.2, 0.25) is 0 Å². The zero-order valence-corrected chi connectivity index (χ0v) is 14.0. The van der Waals surface area contributed by atoms with Gasteiger partial charge in [0.05, 0.1) is 13.4 Å². The molecule has 1 N–H and O–H groups in total. The summed E-state index contributed by atoms with van der Waals surface area (Å²) in [6, 6.07) is 16.4. The lowest BCUT2D eigenvalue weighted by Crippen LogP contribution is -2.17. The van der Waals surface area contributed by atoms with Crippen LogP contribution in [0.25, 0.3) is 0 Å². The molecule has 0 aliphatic rings. The lowest BCUT2D eigenvalue weighted by molar-refractivity contribution is 0.398. The smallest absolute Gasteiger partial charge is 0.122 e. The van der Waals surface area contributed by atoms with E-state index in [9.17, 15) is 0 Å². The molecule has 3 aromatic rings. The molecule has 3 nitrogen and oxygen atoms in total. The molecule has 0 aliphatic heterocycles. The van der Waals surface area contributed by atoms with Crippen molar-refractivity contribution >= 4 is 11.3 Å². The Labute approximate surface area is 140 Å². The number of hydrogen-bond donors (Lipinski definition) is 1. The molecule has 0 bridgehead atoms. The van der Waals surface area contributed by atoms with Crippen LogP contribution in [-0.4, -0.2) is 13.7 Å². The zero-order chi connectivity index (χ0) is 15.9. The Bertz CT molecular complexity index is 692. The van der Waals surface area contributed by atoms with Crippen LogP contribution >= 0.6 is 11.3 Å². The third kappa shape index (κ3) is 4.03. The minimum absolute atomic E-state index is 0.192. The second-order valence-corrected chi connectivity index (χ2v) is 6.39. The number of thiophene rings is 1. The lowest BCUT2D eigenvalue weighted by Gasteiger charge is -2.18. The molecule has 1 unspecified atom stereocenters. The third-order valence-corrected chi connectivity index (χ3v) is 4.77. The molecular weight excluding hydrogens is 306 g/mol. The van der Waals surface area contributed by atoms with Crippen molar-refractivity contribution in [2.24, 2.45) is 0 Å². The second-order valence-electron chi connectivity index (χ2n) is 5.35. The van der Waals surface area contributed by atoms with Crippen LogP contribution < -0.4 is 10.1 Å². The number of benzene rings is 1. The lowest BCUT2D eigenvalue weighted by atomic mass is 9.92. The molecule has 0 saturated carbocycles. The zero-order valence-electron chi connectivity index (χ0n) is 13.2. The van der Waals surface area contributed by atoms with Crippen LogP contribution in [0.1, 0.15) is 28.5 Å². The standard InChI is InChI=1S/C19H21NO2S/c1-21-18-8-3-2-7-16(18)17(19-9-4-12-22-19)10-11-20-14-15-6-5-13-23-15/h2-9,12-13,17,20H,10-11,14H2,1H3. The molecule has 23 heavy (non-hydrogen) atoms. The molecule has 2 heterocycles. The SMILES string of the molecule is COc1ccccc1C(CCNCc1cccs1)c1ccco1. The number of methoxy groups -OCH3 is 1. The van der Waals surface area contributed by atoms with Gasteiger partial charge in [0.15, 0.2) is 0 Å². The molecule has 120 valence electrons. The van der Waals surface area contributed by atoms with Gasteiger partial charge >= 0.3 is 0 Å². The number of rotatable bonds is 8. The number of ether oxygens (including phenoxy) is 1. The van der Waals surface area contributed by atoms with E-state index < -0.39 is 0 Å². The predicted octanol–water partition coefficient (Wildman–Crippen LogP) is 4.66. The van der Waals surface area contributed by atoms with E-state index in [4.69, 9.17) is 9.15 Å². The van der Waals surface area contributed by atoms with Crippen molar-refractivity contribution in [2.75, 3.05) is 13.7 Å². The maximum atomic E-state index is 5.67. The van der Waals surface area contributed by atoms with Gasteiger partial charge in [0.2, 0.25) is 0 Å². The highest BCUT2D eigenvalue weighted by Gasteiger charge is 2.20. The molecule has 2 aromatic heterocycles. The van der Waals surface area contributed by atoms with Gasteiger partial charge in [-0.25, -0.2) is 0 Å². The summed E-state index contributed by atoms with van der Waals surface area (Å²) in [6.07, 6.45) is 2.69. The Kier molecular flexibility index (Phi) is 5.51. The molecule has 0 spiro atoms. The molecule has 1 atom stereocenters. The normalized spacial score (nSPS) is 12.2. The van der Waals surface area contributed by atoms with E-state index in [1.807, 2.05) is 30.3 Å². The van der Waals surface area contributed by atoms with Gasteiger partial charge in [-0.2, -0.15) is 0 Å². The first-order valence-corrected chi connectivity index (χ1v) is 8.66.